The molecule has 0 saturated heterocycles. The minimum atomic E-state index is -5.77. The topological polar surface area (TPSA) is 9.23 Å². The van der Waals surface area contributed by atoms with E-state index in [1.54, 1.807) is 12.1 Å². The highest BCUT2D eigenvalue weighted by atomic mass is 19.4. The van der Waals surface area contributed by atoms with E-state index in [1.807, 2.05) is 24.3 Å². The number of aryl methyl sites for hydroxylation is 1. The first-order valence-electron chi connectivity index (χ1n) is 9.34. The molecule has 3 aromatic rings. The quantitative estimate of drug-likeness (QED) is 0.354. The summed E-state index contributed by atoms with van der Waals surface area (Å²) in [5.74, 6) is -3.69. The van der Waals surface area contributed by atoms with Gasteiger partial charge >= 0.3 is 12.5 Å². The lowest BCUT2D eigenvalue weighted by atomic mass is 9.98. The van der Waals surface area contributed by atoms with E-state index in [2.05, 4.69) is 11.7 Å². The summed E-state index contributed by atoms with van der Waals surface area (Å²) in [6.07, 6.45) is -9.00. The zero-order valence-corrected chi connectivity index (χ0v) is 16.2. The third-order valence-electron chi connectivity index (χ3n) is 4.62. The van der Waals surface area contributed by atoms with Crippen molar-refractivity contribution >= 4 is 0 Å². The fourth-order valence-electron chi connectivity index (χ4n) is 3.22. The van der Waals surface area contributed by atoms with Crippen molar-refractivity contribution in [2.45, 2.75) is 32.2 Å². The molecule has 0 radical (unpaired) electrons. The molecule has 3 aromatic carbocycles. The Kier molecular flexibility index (Phi) is 6.40. The predicted octanol–water partition coefficient (Wildman–Crippen LogP) is 7.84. The number of alkyl halides is 5. The van der Waals surface area contributed by atoms with Gasteiger partial charge in [-0.2, -0.15) is 8.78 Å². The highest BCUT2D eigenvalue weighted by Crippen LogP contribution is 2.40. The Morgan fingerprint density at radius 3 is 1.52 bits per heavy atom. The smallest absolute Gasteiger partial charge is 0.222 e. The van der Waals surface area contributed by atoms with Crippen molar-refractivity contribution in [2.24, 2.45) is 0 Å². The van der Waals surface area contributed by atoms with Crippen LogP contribution in [0, 0.1) is 11.6 Å². The Labute approximate surface area is 174 Å². The summed E-state index contributed by atoms with van der Waals surface area (Å²) in [6.45, 7) is 2.08. The van der Waals surface area contributed by atoms with Crippen molar-refractivity contribution < 1.29 is 35.5 Å². The number of ether oxygens (including phenoxy) is 1. The molecule has 0 heterocycles. The number of benzene rings is 3. The van der Waals surface area contributed by atoms with E-state index in [1.165, 1.54) is 17.7 Å². The first-order valence-corrected chi connectivity index (χ1v) is 9.34. The van der Waals surface area contributed by atoms with Crippen LogP contribution in [0.3, 0.4) is 0 Å². The van der Waals surface area contributed by atoms with Gasteiger partial charge in [0.1, 0.15) is 17.2 Å². The molecule has 0 atom stereocenters. The molecule has 0 spiro atoms. The first-order chi connectivity index (χ1) is 14.5. The van der Waals surface area contributed by atoms with Crippen LogP contribution < -0.4 is 0 Å². The number of hydrogen-bond donors (Lipinski definition) is 0. The molecular formula is C23H17F7O. The fraction of sp³-hybridized carbons (Fsp3) is 0.217. The molecule has 0 aliphatic rings. The van der Waals surface area contributed by atoms with E-state index < -0.39 is 29.7 Å². The van der Waals surface area contributed by atoms with E-state index in [4.69, 9.17) is 0 Å². The second-order valence-electron chi connectivity index (χ2n) is 6.90. The van der Waals surface area contributed by atoms with Crippen LogP contribution in [0.1, 0.15) is 24.5 Å². The van der Waals surface area contributed by atoms with Gasteiger partial charge < -0.3 is 0 Å². The Hall–Kier alpha value is -2.87. The summed E-state index contributed by atoms with van der Waals surface area (Å²) < 4.78 is 94.5. The molecule has 1 nitrogen and oxygen atoms in total. The van der Waals surface area contributed by atoms with Gasteiger partial charge in [0.15, 0.2) is 0 Å². The van der Waals surface area contributed by atoms with Gasteiger partial charge in [-0.15, -0.1) is 13.2 Å². The van der Waals surface area contributed by atoms with Crippen LogP contribution in [0.25, 0.3) is 22.3 Å². The highest BCUT2D eigenvalue weighted by molar-refractivity contribution is 5.70. The Morgan fingerprint density at radius 1 is 0.677 bits per heavy atom. The predicted molar refractivity (Wildman–Crippen MR) is 102 cm³/mol. The largest absolute Gasteiger partial charge is 0.527 e. The Balaban J connectivity index is 1.88. The van der Waals surface area contributed by atoms with Crippen molar-refractivity contribution in [1.29, 1.82) is 0 Å². The molecule has 0 fully saturated rings. The highest BCUT2D eigenvalue weighted by Gasteiger charge is 2.49. The summed E-state index contributed by atoms with van der Waals surface area (Å²) in [5.41, 5.74) is 1.04. The van der Waals surface area contributed by atoms with Crippen LogP contribution in [0.2, 0.25) is 0 Å². The third-order valence-corrected chi connectivity index (χ3v) is 4.62. The molecule has 0 aliphatic heterocycles. The molecular weight excluding hydrogens is 425 g/mol. The lowest BCUT2D eigenvalue weighted by molar-refractivity contribution is -0.432. The van der Waals surface area contributed by atoms with Crippen molar-refractivity contribution in [3.63, 3.8) is 0 Å². The summed E-state index contributed by atoms with van der Waals surface area (Å²) >= 11 is 0. The standard InChI is InChI=1S/C23H17F7O/c1-2-3-14-4-6-15(7-5-14)16-8-10-17(11-9-16)18-12-19(24)21(20(25)13-18)22(26,27)31-23(28,29)30/h4-13H,2-3H2,1H3. The van der Waals surface area contributed by atoms with Gasteiger partial charge in [-0.1, -0.05) is 61.9 Å². The van der Waals surface area contributed by atoms with Gasteiger partial charge in [-0.05, 0) is 46.4 Å². The van der Waals surface area contributed by atoms with Crippen LogP contribution in [0.15, 0.2) is 60.7 Å². The average molecular weight is 442 g/mol. The zero-order chi connectivity index (χ0) is 22.8. The zero-order valence-electron chi connectivity index (χ0n) is 16.2. The van der Waals surface area contributed by atoms with Crippen molar-refractivity contribution in [2.75, 3.05) is 0 Å². The monoisotopic (exact) mass is 442 g/mol. The van der Waals surface area contributed by atoms with Crippen LogP contribution in [-0.4, -0.2) is 6.36 Å². The minimum Gasteiger partial charge on any atom is -0.222 e. The van der Waals surface area contributed by atoms with Gasteiger partial charge in [0, 0.05) is 0 Å². The molecule has 3 rings (SSSR count). The van der Waals surface area contributed by atoms with Gasteiger partial charge in [-0.3, -0.25) is 0 Å². The summed E-state index contributed by atoms with van der Waals surface area (Å²) in [4.78, 5) is 0. The first kappa shape index (κ1) is 22.8. The number of hydrogen-bond acceptors (Lipinski definition) is 1. The summed E-state index contributed by atoms with van der Waals surface area (Å²) in [6, 6.07) is 15.4. The second kappa shape index (κ2) is 8.70. The molecule has 0 unspecified atom stereocenters. The lowest BCUT2D eigenvalue weighted by Gasteiger charge is -2.20. The maximum absolute atomic E-state index is 14.1. The Bertz CT molecular complexity index is 1020. The molecule has 0 aliphatic carbocycles. The molecule has 8 heteroatoms. The van der Waals surface area contributed by atoms with E-state index in [0.717, 1.165) is 24.0 Å². The van der Waals surface area contributed by atoms with E-state index in [9.17, 15) is 30.7 Å². The average Bonchev–Trinajstić information content (AvgIpc) is 2.66. The van der Waals surface area contributed by atoms with Crippen molar-refractivity contribution in [3.8, 4) is 22.3 Å². The van der Waals surface area contributed by atoms with Crippen LogP contribution in [-0.2, 0) is 17.3 Å². The molecule has 164 valence electrons. The van der Waals surface area contributed by atoms with E-state index >= 15 is 0 Å². The van der Waals surface area contributed by atoms with E-state index in [0.29, 0.717) is 17.7 Å². The third kappa shape index (κ3) is 5.44. The van der Waals surface area contributed by atoms with Gasteiger partial charge in [0.05, 0.1) is 0 Å². The van der Waals surface area contributed by atoms with Gasteiger partial charge in [0.2, 0.25) is 0 Å². The fourth-order valence-corrected chi connectivity index (χ4v) is 3.22. The van der Waals surface area contributed by atoms with Crippen LogP contribution in [0.4, 0.5) is 30.7 Å². The Morgan fingerprint density at radius 2 is 1.10 bits per heavy atom. The maximum atomic E-state index is 14.1. The normalized spacial score (nSPS) is 12.3. The SMILES string of the molecule is CCCc1ccc(-c2ccc(-c3cc(F)c(C(F)(F)OC(F)(F)F)c(F)c3)cc2)cc1. The van der Waals surface area contributed by atoms with Gasteiger partial charge in [-0.25, -0.2) is 13.5 Å². The van der Waals surface area contributed by atoms with Crippen molar-refractivity contribution in [3.05, 3.63) is 83.4 Å². The van der Waals surface area contributed by atoms with Gasteiger partial charge in [0.25, 0.3) is 0 Å². The second-order valence-corrected chi connectivity index (χ2v) is 6.90. The molecule has 0 bridgehead atoms. The number of rotatable bonds is 6. The maximum Gasteiger partial charge on any atom is 0.527 e. The minimum absolute atomic E-state index is 0.105. The molecule has 0 N–H and O–H groups in total. The van der Waals surface area contributed by atoms with Crippen LogP contribution >= 0.6 is 0 Å². The van der Waals surface area contributed by atoms with E-state index in [-0.39, 0.29) is 5.56 Å². The molecule has 31 heavy (non-hydrogen) atoms. The number of halogens is 7. The molecule has 0 amide bonds. The molecule has 0 saturated carbocycles. The van der Waals surface area contributed by atoms with Crippen LogP contribution in [0.5, 0.6) is 0 Å². The summed E-state index contributed by atoms with van der Waals surface area (Å²) in [5, 5.41) is 0. The van der Waals surface area contributed by atoms with Crippen molar-refractivity contribution in [1.82, 2.24) is 0 Å². The lowest BCUT2D eigenvalue weighted by Crippen LogP contribution is -2.29. The summed E-state index contributed by atoms with van der Waals surface area (Å²) in [7, 11) is 0. The molecule has 0 aromatic heterocycles.